The second kappa shape index (κ2) is 9.17. The molecule has 7 atom stereocenters. The van der Waals surface area contributed by atoms with Crippen molar-refractivity contribution in [1.82, 2.24) is 0 Å². The van der Waals surface area contributed by atoms with Crippen LogP contribution in [-0.2, 0) is 20.7 Å². The second-order valence-corrected chi connectivity index (χ2v) is 9.99. The van der Waals surface area contributed by atoms with Crippen molar-refractivity contribution in [1.29, 1.82) is 0 Å². The first kappa shape index (κ1) is 18.9. The summed E-state index contributed by atoms with van der Waals surface area (Å²) in [5, 5.41) is 10.3. The molecule has 1 saturated heterocycles. The molecule has 3 unspecified atom stereocenters. The molecule has 2 aliphatic rings. The number of aliphatic hydroxyl groups is 1. The predicted octanol–water partition coefficient (Wildman–Crippen LogP) is 3.09. The van der Waals surface area contributed by atoms with Gasteiger partial charge >= 0.3 is 146 Å². The average Bonchev–Trinajstić information content (AvgIpc) is 3.13. The first-order chi connectivity index (χ1) is 12.2. The maximum atomic E-state index is 11.6. The number of carbonyl (C=O) groups excluding carboxylic acids is 1. The van der Waals surface area contributed by atoms with E-state index >= 15 is 0 Å². The van der Waals surface area contributed by atoms with Crippen LogP contribution in [0.15, 0.2) is 42.5 Å². The number of aliphatic hydroxyl groups excluding tert-OH is 1. The molecule has 4 nitrogen and oxygen atoms in total. The van der Waals surface area contributed by atoms with E-state index in [4.69, 9.17) is 4.74 Å². The molecule has 25 heavy (non-hydrogen) atoms. The van der Waals surface area contributed by atoms with Gasteiger partial charge in [0.1, 0.15) is 0 Å². The van der Waals surface area contributed by atoms with Crippen LogP contribution in [-0.4, -0.2) is 35.8 Å². The fourth-order valence-corrected chi connectivity index (χ4v) is 6.79. The molecular weight excluding hydrogens is 353 g/mol. The third-order valence-corrected chi connectivity index (χ3v) is 8.30. The Hall–Kier alpha value is -0.885. The number of hydrogen-bond acceptors (Lipinski definition) is 4. The van der Waals surface area contributed by atoms with Crippen molar-refractivity contribution in [2.75, 3.05) is 0 Å². The molecule has 1 aliphatic heterocycles. The monoisotopic (exact) mass is 376 g/mol. The molecule has 0 aromatic heterocycles. The number of allylic oxidation sites excluding steroid dienone is 1. The normalized spacial score (nSPS) is 30.4. The van der Waals surface area contributed by atoms with Gasteiger partial charge in [-0.15, -0.1) is 0 Å². The van der Waals surface area contributed by atoms with Gasteiger partial charge in [-0.3, -0.25) is 0 Å². The van der Waals surface area contributed by atoms with Crippen molar-refractivity contribution in [2.45, 2.75) is 43.6 Å². The molecule has 0 spiro atoms. The summed E-state index contributed by atoms with van der Waals surface area (Å²) in [5.74, 6) is 0.324. The van der Waals surface area contributed by atoms with Gasteiger partial charge in [-0.1, -0.05) is 6.07 Å². The van der Waals surface area contributed by atoms with E-state index in [1.165, 1.54) is 5.56 Å². The zero-order valence-electron chi connectivity index (χ0n) is 14.0. The number of hydrogen-bond donors (Lipinski definition) is 1. The van der Waals surface area contributed by atoms with Crippen LogP contribution in [0, 0.1) is 11.8 Å². The van der Waals surface area contributed by atoms with E-state index in [2.05, 4.69) is 18.2 Å². The summed E-state index contributed by atoms with van der Waals surface area (Å²) in [7, 11) is 0.909. The number of fused-ring (bicyclic) bond motifs is 1. The summed E-state index contributed by atoms with van der Waals surface area (Å²) in [6.07, 6.45) is 6.29. The van der Waals surface area contributed by atoms with Crippen LogP contribution in [0.5, 0.6) is 0 Å². The molecule has 7 heteroatoms. The number of aryl methyl sites for hydroxylation is 1. The Kier molecular flexibility index (Phi) is 6.93. The topological polar surface area (TPSA) is 63.6 Å². The van der Waals surface area contributed by atoms with Gasteiger partial charge in [0.2, 0.25) is 0 Å². The van der Waals surface area contributed by atoms with Gasteiger partial charge < -0.3 is 0 Å². The molecule has 1 aromatic rings. The van der Waals surface area contributed by atoms with E-state index in [1.807, 2.05) is 24.3 Å². The molecule has 0 amide bonds. The van der Waals surface area contributed by atoms with Crippen LogP contribution in [0.25, 0.3) is 0 Å². The minimum absolute atomic E-state index is 0.00226. The van der Waals surface area contributed by atoms with Crippen molar-refractivity contribution >= 4 is 29.3 Å². The van der Waals surface area contributed by atoms with E-state index in [9.17, 15) is 14.6 Å². The molecule has 1 aliphatic carbocycles. The molecule has 2 fully saturated rings. The van der Waals surface area contributed by atoms with E-state index in [0.717, 1.165) is 19.7 Å². The zero-order chi connectivity index (χ0) is 17.6. The standard InChI is InChI=1S/C18H23BO4P2/c20-13(7-6-12-4-2-1-3-5-12)8-9-14-15-10-18(21)23-16(15)11-17(14)24-25-19-22/h1-5,8-9,13-17,20,24-25H,6-7,10-11H2/t13-,14+,15+,16?,17+/m0/s1. The summed E-state index contributed by atoms with van der Waals surface area (Å²) in [6.45, 7) is 0.994. The molecule has 0 bridgehead atoms. The molecule has 1 N–H and O–H groups in total. The summed E-state index contributed by atoms with van der Waals surface area (Å²) >= 11 is 0. The Balaban J connectivity index is 1.58. The van der Waals surface area contributed by atoms with Crippen LogP contribution in [0.2, 0.25) is 0 Å². The van der Waals surface area contributed by atoms with Crippen LogP contribution in [0.3, 0.4) is 0 Å². The van der Waals surface area contributed by atoms with Gasteiger partial charge in [-0.25, -0.2) is 0 Å². The Morgan fingerprint density at radius 2 is 2.16 bits per heavy atom. The zero-order valence-corrected chi connectivity index (χ0v) is 16.0. The van der Waals surface area contributed by atoms with Crippen molar-refractivity contribution in [3.05, 3.63) is 48.0 Å². The van der Waals surface area contributed by atoms with Gasteiger partial charge in [0, 0.05) is 0 Å². The molecular formula is C18H23BO4P2. The molecule has 1 heterocycles. The average molecular weight is 376 g/mol. The van der Waals surface area contributed by atoms with E-state index in [-0.39, 0.29) is 23.9 Å². The van der Waals surface area contributed by atoms with E-state index in [1.54, 1.807) is 0 Å². The van der Waals surface area contributed by atoms with Gasteiger partial charge in [0.15, 0.2) is 0 Å². The van der Waals surface area contributed by atoms with Gasteiger partial charge in [0.05, 0.1) is 0 Å². The Labute approximate surface area is 152 Å². The molecule has 3 rings (SSSR count). The Bertz CT molecular complexity index is 625. The van der Waals surface area contributed by atoms with Crippen molar-refractivity contribution in [3.8, 4) is 0 Å². The fraction of sp³-hybridized carbons (Fsp3) is 0.500. The molecule has 1 saturated carbocycles. The summed E-state index contributed by atoms with van der Waals surface area (Å²) in [6, 6.07) is 10.1. The van der Waals surface area contributed by atoms with Crippen LogP contribution in [0.1, 0.15) is 24.8 Å². The number of carbonyl (C=O) groups is 1. The third-order valence-electron chi connectivity index (χ3n) is 5.06. The predicted molar refractivity (Wildman–Crippen MR) is 103 cm³/mol. The van der Waals surface area contributed by atoms with Crippen molar-refractivity contribution in [2.24, 2.45) is 11.8 Å². The number of ether oxygens (including phenoxy) is 1. The van der Waals surface area contributed by atoms with Gasteiger partial charge in [0.25, 0.3) is 0 Å². The number of esters is 1. The summed E-state index contributed by atoms with van der Waals surface area (Å²) in [4.78, 5) is 11.6. The van der Waals surface area contributed by atoms with Crippen molar-refractivity contribution in [3.63, 3.8) is 0 Å². The Morgan fingerprint density at radius 3 is 2.92 bits per heavy atom. The SMILES string of the molecule is O=BPP[C@@H]1CC2OC(=O)C[C@@H]2[C@H]1C=C[C@@H](O)CCc1ccccc1. The minimum atomic E-state index is -0.491. The fourth-order valence-electron chi connectivity index (χ4n) is 3.83. The third kappa shape index (κ3) is 5.06. The summed E-state index contributed by atoms with van der Waals surface area (Å²) < 4.78 is 16.2. The van der Waals surface area contributed by atoms with Crippen LogP contribution >= 0.6 is 16.4 Å². The molecule has 1 aromatic carbocycles. The van der Waals surface area contributed by atoms with Crippen molar-refractivity contribution < 1.29 is 19.3 Å². The molecule has 0 radical (unpaired) electrons. The quantitative estimate of drug-likeness (QED) is 0.328. The Morgan fingerprint density at radius 1 is 1.36 bits per heavy atom. The second-order valence-electron chi connectivity index (χ2n) is 6.70. The van der Waals surface area contributed by atoms with Crippen LogP contribution in [0.4, 0.5) is 0 Å². The summed E-state index contributed by atoms with van der Waals surface area (Å²) in [5.41, 5.74) is 1.61. The molecule has 132 valence electrons. The first-order valence-corrected chi connectivity index (χ1v) is 11.9. The van der Waals surface area contributed by atoms with Crippen LogP contribution < -0.4 is 0 Å². The van der Waals surface area contributed by atoms with E-state index in [0.29, 0.717) is 34.9 Å². The first-order valence-electron chi connectivity index (χ1n) is 8.72. The maximum absolute atomic E-state index is 11.6. The number of rotatable bonds is 8. The number of benzene rings is 1. The van der Waals surface area contributed by atoms with Gasteiger partial charge in [-0.05, 0) is 0 Å². The van der Waals surface area contributed by atoms with Gasteiger partial charge in [-0.2, -0.15) is 0 Å². The van der Waals surface area contributed by atoms with E-state index < -0.39 is 6.10 Å².